The minimum Gasteiger partial charge on any atom is -0.490 e. The van der Waals surface area contributed by atoms with Crippen LogP contribution in [-0.2, 0) is 0 Å². The Morgan fingerprint density at radius 2 is 2.29 bits per heavy atom. The molecule has 2 N–H and O–H groups in total. The Kier molecular flexibility index (Phi) is 2.04. The first kappa shape index (κ1) is 8.87. The number of fused-ring (bicyclic) bond motifs is 1. The van der Waals surface area contributed by atoms with Crippen molar-refractivity contribution >= 4 is 11.2 Å². The molecule has 2 aromatic rings. The summed E-state index contributed by atoms with van der Waals surface area (Å²) in [5, 5.41) is 4.28. The van der Waals surface area contributed by atoms with Crippen molar-refractivity contribution in [3.8, 4) is 5.75 Å². The summed E-state index contributed by atoms with van der Waals surface area (Å²) in [7, 11) is 0. The van der Waals surface area contributed by atoms with Gasteiger partial charge in [0.25, 0.3) is 0 Å². The smallest absolute Gasteiger partial charge is 0.160 e. The Labute approximate surface area is 82.3 Å². The molecule has 0 aliphatic rings. The van der Waals surface area contributed by atoms with Crippen molar-refractivity contribution in [2.24, 2.45) is 0 Å². The summed E-state index contributed by atoms with van der Waals surface area (Å²) in [6, 6.07) is 3.84. The molecule has 0 saturated heterocycles. The van der Waals surface area contributed by atoms with Crippen LogP contribution < -0.4 is 10.5 Å². The van der Waals surface area contributed by atoms with E-state index in [2.05, 4.69) is 5.10 Å². The van der Waals surface area contributed by atoms with Gasteiger partial charge in [-0.15, -0.1) is 0 Å². The molecular weight excluding hydrogens is 178 g/mol. The second-order valence-electron chi connectivity index (χ2n) is 3.18. The lowest BCUT2D eigenvalue weighted by Gasteiger charge is -2.06. The van der Waals surface area contributed by atoms with Crippen LogP contribution >= 0.6 is 0 Å². The highest BCUT2D eigenvalue weighted by molar-refractivity contribution is 5.63. The summed E-state index contributed by atoms with van der Waals surface area (Å²) in [5.74, 6) is 0.683. The molecule has 0 saturated carbocycles. The normalized spacial score (nSPS) is 10.7. The summed E-state index contributed by atoms with van der Waals surface area (Å²) in [6.07, 6.45) is 1.81. The molecule has 0 fully saturated rings. The Balaban J connectivity index is 2.58. The maximum absolute atomic E-state index is 5.82. The van der Waals surface area contributed by atoms with Crippen LogP contribution in [0.2, 0.25) is 0 Å². The summed E-state index contributed by atoms with van der Waals surface area (Å²) in [4.78, 5) is 0. The molecule has 2 aromatic heterocycles. The van der Waals surface area contributed by atoms with E-state index in [4.69, 9.17) is 10.5 Å². The largest absolute Gasteiger partial charge is 0.490 e. The number of hydrogen-bond donors (Lipinski definition) is 1. The van der Waals surface area contributed by atoms with Gasteiger partial charge in [-0.2, -0.15) is 5.10 Å². The number of aromatic nitrogens is 2. The molecule has 14 heavy (non-hydrogen) atoms. The molecule has 74 valence electrons. The maximum Gasteiger partial charge on any atom is 0.160 e. The standard InChI is InChI=1S/C10H13N3O/c1-3-14-10-6-13-8(5-9(10)11)4-7(2)12-13/h4-6H,3,11H2,1-2H3. The maximum atomic E-state index is 5.82. The third-order valence-electron chi connectivity index (χ3n) is 2.01. The molecule has 2 rings (SSSR count). The highest BCUT2D eigenvalue weighted by Gasteiger charge is 2.04. The first-order valence-electron chi connectivity index (χ1n) is 4.59. The summed E-state index contributed by atoms with van der Waals surface area (Å²) >= 11 is 0. The molecule has 0 atom stereocenters. The Morgan fingerprint density at radius 1 is 1.50 bits per heavy atom. The Hall–Kier alpha value is -1.71. The topological polar surface area (TPSA) is 52.5 Å². The summed E-state index contributed by atoms with van der Waals surface area (Å²) in [6.45, 7) is 4.48. The number of anilines is 1. The van der Waals surface area contributed by atoms with Gasteiger partial charge in [0, 0.05) is 0 Å². The van der Waals surface area contributed by atoms with Crippen molar-refractivity contribution in [1.29, 1.82) is 0 Å². The van der Waals surface area contributed by atoms with Gasteiger partial charge in [-0.1, -0.05) is 0 Å². The fourth-order valence-corrected chi connectivity index (χ4v) is 1.44. The van der Waals surface area contributed by atoms with E-state index in [1.54, 1.807) is 10.7 Å². The zero-order chi connectivity index (χ0) is 10.1. The van der Waals surface area contributed by atoms with Gasteiger partial charge >= 0.3 is 0 Å². The second kappa shape index (κ2) is 3.21. The van der Waals surface area contributed by atoms with E-state index in [9.17, 15) is 0 Å². The molecule has 0 unspecified atom stereocenters. The molecule has 0 radical (unpaired) electrons. The fraction of sp³-hybridized carbons (Fsp3) is 0.300. The monoisotopic (exact) mass is 191 g/mol. The van der Waals surface area contributed by atoms with Crippen LogP contribution in [0.5, 0.6) is 5.75 Å². The number of hydrogen-bond acceptors (Lipinski definition) is 3. The summed E-state index contributed by atoms with van der Waals surface area (Å²) in [5.41, 5.74) is 8.43. The third kappa shape index (κ3) is 1.39. The van der Waals surface area contributed by atoms with Crippen LogP contribution in [0, 0.1) is 6.92 Å². The average Bonchev–Trinajstić information content (AvgIpc) is 2.45. The molecule has 4 nitrogen and oxygen atoms in total. The van der Waals surface area contributed by atoms with Crippen LogP contribution in [0.4, 0.5) is 5.69 Å². The minimum atomic E-state index is 0.607. The molecule has 0 aliphatic carbocycles. The van der Waals surface area contributed by atoms with Gasteiger partial charge < -0.3 is 10.5 Å². The van der Waals surface area contributed by atoms with E-state index in [0.717, 1.165) is 11.2 Å². The van der Waals surface area contributed by atoms with Crippen molar-refractivity contribution in [3.63, 3.8) is 0 Å². The van der Waals surface area contributed by atoms with Crippen molar-refractivity contribution < 1.29 is 4.74 Å². The van der Waals surface area contributed by atoms with Gasteiger partial charge in [0.05, 0.1) is 29.7 Å². The average molecular weight is 191 g/mol. The van der Waals surface area contributed by atoms with E-state index in [-0.39, 0.29) is 0 Å². The number of ether oxygens (including phenoxy) is 1. The van der Waals surface area contributed by atoms with Crippen LogP contribution in [-0.4, -0.2) is 16.2 Å². The van der Waals surface area contributed by atoms with Gasteiger partial charge in [-0.05, 0) is 26.0 Å². The molecule has 0 amide bonds. The lowest BCUT2D eigenvalue weighted by Crippen LogP contribution is -1.99. The predicted molar refractivity (Wildman–Crippen MR) is 55.5 cm³/mol. The number of nitrogen functional groups attached to an aromatic ring is 1. The SMILES string of the molecule is CCOc1cn2nc(C)cc2cc1N. The highest BCUT2D eigenvalue weighted by Crippen LogP contribution is 2.23. The summed E-state index contributed by atoms with van der Waals surface area (Å²) < 4.78 is 7.14. The van der Waals surface area contributed by atoms with Crippen LogP contribution in [0.1, 0.15) is 12.6 Å². The molecule has 4 heteroatoms. The minimum absolute atomic E-state index is 0.607. The van der Waals surface area contributed by atoms with Crippen LogP contribution in [0.25, 0.3) is 5.52 Å². The Morgan fingerprint density at radius 3 is 3.00 bits per heavy atom. The van der Waals surface area contributed by atoms with Gasteiger partial charge in [-0.25, -0.2) is 4.52 Å². The van der Waals surface area contributed by atoms with Gasteiger partial charge in [0.1, 0.15) is 0 Å². The number of pyridine rings is 1. The quantitative estimate of drug-likeness (QED) is 0.784. The van der Waals surface area contributed by atoms with Crippen molar-refractivity contribution in [2.75, 3.05) is 12.3 Å². The van der Waals surface area contributed by atoms with Crippen molar-refractivity contribution in [3.05, 3.63) is 24.0 Å². The van der Waals surface area contributed by atoms with E-state index < -0.39 is 0 Å². The van der Waals surface area contributed by atoms with Crippen molar-refractivity contribution in [2.45, 2.75) is 13.8 Å². The zero-order valence-corrected chi connectivity index (χ0v) is 8.32. The lowest BCUT2D eigenvalue weighted by atomic mass is 10.3. The lowest BCUT2D eigenvalue weighted by molar-refractivity contribution is 0.340. The molecule has 0 aromatic carbocycles. The van der Waals surface area contributed by atoms with Crippen LogP contribution in [0.15, 0.2) is 18.3 Å². The van der Waals surface area contributed by atoms with Crippen LogP contribution in [0.3, 0.4) is 0 Å². The van der Waals surface area contributed by atoms with E-state index in [1.807, 2.05) is 26.0 Å². The predicted octanol–water partition coefficient (Wildman–Crippen LogP) is 1.62. The number of rotatable bonds is 2. The van der Waals surface area contributed by atoms with E-state index in [0.29, 0.717) is 18.0 Å². The molecule has 2 heterocycles. The second-order valence-corrected chi connectivity index (χ2v) is 3.18. The third-order valence-corrected chi connectivity index (χ3v) is 2.01. The molecule has 0 bridgehead atoms. The van der Waals surface area contributed by atoms with Gasteiger partial charge in [-0.3, -0.25) is 0 Å². The fourth-order valence-electron chi connectivity index (χ4n) is 1.44. The highest BCUT2D eigenvalue weighted by atomic mass is 16.5. The molecular formula is C10H13N3O. The number of nitrogens with zero attached hydrogens (tertiary/aromatic N) is 2. The first-order valence-corrected chi connectivity index (χ1v) is 4.59. The van der Waals surface area contributed by atoms with Gasteiger partial charge in [0.2, 0.25) is 0 Å². The van der Waals surface area contributed by atoms with Gasteiger partial charge in [0.15, 0.2) is 5.75 Å². The number of nitrogens with two attached hydrogens (primary N) is 1. The molecule has 0 aliphatic heterocycles. The Bertz CT molecular complexity index is 462. The molecule has 0 spiro atoms. The number of aryl methyl sites for hydroxylation is 1. The van der Waals surface area contributed by atoms with Crippen molar-refractivity contribution in [1.82, 2.24) is 9.61 Å². The van der Waals surface area contributed by atoms with E-state index in [1.165, 1.54) is 0 Å². The van der Waals surface area contributed by atoms with E-state index >= 15 is 0 Å². The first-order chi connectivity index (χ1) is 6.70. The zero-order valence-electron chi connectivity index (χ0n) is 8.32.